The number of alkyl halides is 2. The summed E-state index contributed by atoms with van der Waals surface area (Å²) < 4.78 is 30.1. The quantitative estimate of drug-likeness (QED) is 0.697. The van der Waals surface area contributed by atoms with Crippen LogP contribution < -0.4 is 5.73 Å². The summed E-state index contributed by atoms with van der Waals surface area (Å²) in [5.74, 6) is 0. The van der Waals surface area contributed by atoms with Crippen molar-refractivity contribution in [2.24, 2.45) is 5.73 Å². The SMILES string of the molecule is CCC1CC(N)(C(F)F)CCO1. The van der Waals surface area contributed by atoms with E-state index in [2.05, 4.69) is 0 Å². The lowest BCUT2D eigenvalue weighted by atomic mass is 9.87. The maximum Gasteiger partial charge on any atom is 0.256 e. The summed E-state index contributed by atoms with van der Waals surface area (Å²) in [4.78, 5) is 0. The maximum absolute atomic E-state index is 12.4. The van der Waals surface area contributed by atoms with Crippen LogP contribution in [0.25, 0.3) is 0 Å². The van der Waals surface area contributed by atoms with Gasteiger partial charge in [-0.2, -0.15) is 0 Å². The number of halogens is 2. The van der Waals surface area contributed by atoms with Crippen LogP contribution in [-0.4, -0.2) is 24.7 Å². The van der Waals surface area contributed by atoms with E-state index in [1.165, 1.54) is 0 Å². The molecule has 0 aromatic rings. The summed E-state index contributed by atoms with van der Waals surface area (Å²) >= 11 is 0. The van der Waals surface area contributed by atoms with Crippen molar-refractivity contribution in [3.63, 3.8) is 0 Å². The van der Waals surface area contributed by atoms with E-state index in [-0.39, 0.29) is 18.9 Å². The normalized spacial score (nSPS) is 37.2. The Bertz CT molecular complexity index is 154. The van der Waals surface area contributed by atoms with Gasteiger partial charge in [-0.05, 0) is 19.3 Å². The molecule has 2 atom stereocenters. The minimum absolute atomic E-state index is 0.0854. The van der Waals surface area contributed by atoms with Crippen molar-refractivity contribution in [3.05, 3.63) is 0 Å². The molecule has 0 aromatic heterocycles. The molecule has 4 heteroatoms. The van der Waals surface area contributed by atoms with Gasteiger partial charge in [0.1, 0.15) is 0 Å². The van der Waals surface area contributed by atoms with Crippen LogP contribution in [0.3, 0.4) is 0 Å². The van der Waals surface area contributed by atoms with E-state index < -0.39 is 12.0 Å². The summed E-state index contributed by atoms with van der Waals surface area (Å²) in [6, 6.07) is 0. The zero-order chi connectivity index (χ0) is 9.19. The Morgan fingerprint density at radius 3 is 2.83 bits per heavy atom. The highest BCUT2D eigenvalue weighted by Crippen LogP contribution is 2.29. The number of ether oxygens (including phenoxy) is 1. The van der Waals surface area contributed by atoms with E-state index in [9.17, 15) is 8.78 Å². The number of hydrogen-bond donors (Lipinski definition) is 1. The summed E-state index contributed by atoms with van der Waals surface area (Å²) in [5.41, 5.74) is 4.23. The zero-order valence-electron chi connectivity index (χ0n) is 7.22. The number of rotatable bonds is 2. The molecule has 1 aliphatic heterocycles. The van der Waals surface area contributed by atoms with E-state index in [4.69, 9.17) is 10.5 Å². The fourth-order valence-electron chi connectivity index (χ4n) is 1.46. The van der Waals surface area contributed by atoms with Crippen molar-refractivity contribution >= 4 is 0 Å². The Morgan fingerprint density at radius 2 is 2.33 bits per heavy atom. The third-order valence-electron chi connectivity index (χ3n) is 2.42. The monoisotopic (exact) mass is 179 g/mol. The molecule has 1 heterocycles. The van der Waals surface area contributed by atoms with Gasteiger partial charge in [0.25, 0.3) is 6.43 Å². The first-order valence-corrected chi connectivity index (χ1v) is 4.27. The van der Waals surface area contributed by atoms with Crippen molar-refractivity contribution in [2.45, 2.75) is 44.3 Å². The first-order chi connectivity index (χ1) is 5.58. The van der Waals surface area contributed by atoms with Crippen LogP contribution >= 0.6 is 0 Å². The van der Waals surface area contributed by atoms with Crippen LogP contribution in [0.4, 0.5) is 8.78 Å². The second-order valence-electron chi connectivity index (χ2n) is 3.39. The van der Waals surface area contributed by atoms with Crippen LogP contribution in [0.5, 0.6) is 0 Å². The van der Waals surface area contributed by atoms with Crippen LogP contribution in [0.2, 0.25) is 0 Å². The van der Waals surface area contributed by atoms with Gasteiger partial charge >= 0.3 is 0 Å². The van der Waals surface area contributed by atoms with Gasteiger partial charge in [-0.25, -0.2) is 8.78 Å². The van der Waals surface area contributed by atoms with Crippen molar-refractivity contribution in [1.82, 2.24) is 0 Å². The Kier molecular flexibility index (Phi) is 3.01. The highest BCUT2D eigenvalue weighted by atomic mass is 19.3. The lowest BCUT2D eigenvalue weighted by Crippen LogP contribution is -2.53. The van der Waals surface area contributed by atoms with Gasteiger partial charge in [0, 0.05) is 6.61 Å². The van der Waals surface area contributed by atoms with E-state index in [0.717, 1.165) is 6.42 Å². The molecule has 0 aromatic carbocycles. The Balaban J connectivity index is 2.54. The molecule has 1 fully saturated rings. The average Bonchev–Trinajstić information content (AvgIpc) is 2.04. The molecule has 0 bridgehead atoms. The predicted molar refractivity (Wildman–Crippen MR) is 42.2 cm³/mol. The second kappa shape index (κ2) is 3.66. The van der Waals surface area contributed by atoms with Gasteiger partial charge in [-0.1, -0.05) is 6.92 Å². The van der Waals surface area contributed by atoms with Gasteiger partial charge in [0.15, 0.2) is 0 Å². The summed E-state index contributed by atoms with van der Waals surface area (Å²) in [6.07, 6.45) is -1.22. The van der Waals surface area contributed by atoms with Gasteiger partial charge in [-0.3, -0.25) is 0 Å². The van der Waals surface area contributed by atoms with E-state index in [1.807, 2.05) is 6.92 Å². The third kappa shape index (κ3) is 1.93. The third-order valence-corrected chi connectivity index (χ3v) is 2.42. The lowest BCUT2D eigenvalue weighted by Gasteiger charge is -2.36. The van der Waals surface area contributed by atoms with Crippen LogP contribution in [0, 0.1) is 0 Å². The molecule has 0 spiro atoms. The Hall–Kier alpha value is -0.220. The molecule has 0 aliphatic carbocycles. The van der Waals surface area contributed by atoms with Gasteiger partial charge in [0.05, 0.1) is 11.6 Å². The summed E-state index contributed by atoms with van der Waals surface area (Å²) in [6.45, 7) is 2.28. The molecule has 0 amide bonds. The minimum Gasteiger partial charge on any atom is -0.378 e. The highest BCUT2D eigenvalue weighted by molar-refractivity contribution is 4.92. The molecule has 1 aliphatic rings. The molecule has 2 unspecified atom stereocenters. The zero-order valence-corrected chi connectivity index (χ0v) is 7.22. The van der Waals surface area contributed by atoms with E-state index in [0.29, 0.717) is 6.61 Å². The van der Waals surface area contributed by atoms with Crippen molar-refractivity contribution < 1.29 is 13.5 Å². The minimum atomic E-state index is -2.43. The van der Waals surface area contributed by atoms with Crippen molar-refractivity contribution in [3.8, 4) is 0 Å². The molecule has 72 valence electrons. The van der Waals surface area contributed by atoms with Gasteiger partial charge in [0.2, 0.25) is 0 Å². The molecule has 12 heavy (non-hydrogen) atoms. The average molecular weight is 179 g/mol. The fourth-order valence-corrected chi connectivity index (χ4v) is 1.46. The molecular formula is C8H15F2NO. The molecule has 0 radical (unpaired) electrons. The number of hydrogen-bond acceptors (Lipinski definition) is 2. The standard InChI is InChI=1S/C8H15F2NO/c1-2-6-5-8(11,7(9)10)3-4-12-6/h6-7H,2-5,11H2,1H3. The first kappa shape index (κ1) is 9.86. The van der Waals surface area contributed by atoms with Gasteiger partial charge in [-0.15, -0.1) is 0 Å². The maximum atomic E-state index is 12.4. The van der Waals surface area contributed by atoms with Crippen LogP contribution in [-0.2, 0) is 4.74 Å². The highest BCUT2D eigenvalue weighted by Gasteiger charge is 2.40. The largest absolute Gasteiger partial charge is 0.378 e. The van der Waals surface area contributed by atoms with Crippen molar-refractivity contribution in [1.29, 1.82) is 0 Å². The van der Waals surface area contributed by atoms with Crippen molar-refractivity contribution in [2.75, 3.05) is 6.61 Å². The topological polar surface area (TPSA) is 35.2 Å². The number of nitrogens with two attached hydrogens (primary N) is 1. The molecule has 2 nitrogen and oxygen atoms in total. The Labute approximate surface area is 71.1 Å². The molecular weight excluding hydrogens is 164 g/mol. The fraction of sp³-hybridized carbons (Fsp3) is 1.00. The molecule has 0 saturated carbocycles. The lowest BCUT2D eigenvalue weighted by molar-refractivity contribution is -0.0693. The predicted octanol–water partition coefficient (Wildman–Crippen LogP) is 1.54. The van der Waals surface area contributed by atoms with E-state index >= 15 is 0 Å². The summed E-state index contributed by atoms with van der Waals surface area (Å²) in [7, 11) is 0. The van der Waals surface area contributed by atoms with E-state index in [1.54, 1.807) is 0 Å². The molecule has 1 rings (SSSR count). The van der Waals surface area contributed by atoms with Crippen LogP contribution in [0.1, 0.15) is 26.2 Å². The summed E-state index contributed by atoms with van der Waals surface area (Å²) in [5, 5.41) is 0. The second-order valence-corrected chi connectivity index (χ2v) is 3.39. The Morgan fingerprint density at radius 1 is 1.67 bits per heavy atom. The first-order valence-electron chi connectivity index (χ1n) is 4.27. The van der Waals surface area contributed by atoms with Gasteiger partial charge < -0.3 is 10.5 Å². The molecule has 1 saturated heterocycles. The van der Waals surface area contributed by atoms with Crippen LogP contribution in [0.15, 0.2) is 0 Å². The molecule has 2 N–H and O–H groups in total. The smallest absolute Gasteiger partial charge is 0.256 e.